The minimum absolute atomic E-state index is 0.102. The third kappa shape index (κ3) is 5.84. The summed E-state index contributed by atoms with van der Waals surface area (Å²) < 4.78 is 0. The van der Waals surface area contributed by atoms with Gasteiger partial charge in [-0.1, -0.05) is 53.7 Å². The molecular formula is C20H31ClO2. The van der Waals surface area contributed by atoms with E-state index in [1.807, 2.05) is 0 Å². The van der Waals surface area contributed by atoms with Gasteiger partial charge < -0.3 is 5.11 Å². The van der Waals surface area contributed by atoms with Crippen molar-refractivity contribution in [2.24, 2.45) is 0 Å². The smallest absolute Gasteiger partial charge is 0.147 e. The van der Waals surface area contributed by atoms with E-state index in [0.717, 1.165) is 30.4 Å². The number of ketones is 1. The molecule has 0 heterocycles. The second-order valence-electron chi connectivity index (χ2n) is 8.42. The number of aromatic hydroxyl groups is 1. The van der Waals surface area contributed by atoms with Gasteiger partial charge in [0.2, 0.25) is 0 Å². The van der Waals surface area contributed by atoms with Gasteiger partial charge in [0.1, 0.15) is 11.5 Å². The normalized spacial score (nSPS) is 12.5. The van der Waals surface area contributed by atoms with E-state index in [2.05, 4.69) is 53.7 Å². The summed E-state index contributed by atoms with van der Waals surface area (Å²) in [6.07, 6.45) is 3.30. The number of Topliss-reactive ketones (excluding diaryl/α,β-unsaturated/α-hetero) is 1. The van der Waals surface area contributed by atoms with Crippen LogP contribution in [0.2, 0.25) is 0 Å². The molecule has 23 heavy (non-hydrogen) atoms. The molecule has 0 bridgehead atoms. The lowest BCUT2D eigenvalue weighted by Crippen LogP contribution is -2.18. The maximum absolute atomic E-state index is 11.3. The quantitative estimate of drug-likeness (QED) is 0.548. The second-order valence-corrected chi connectivity index (χ2v) is 8.69. The molecule has 0 amide bonds. The number of rotatable bonds is 6. The highest BCUT2D eigenvalue weighted by Crippen LogP contribution is 2.40. The molecule has 0 saturated carbocycles. The van der Waals surface area contributed by atoms with Gasteiger partial charge >= 0.3 is 0 Å². The van der Waals surface area contributed by atoms with Crippen molar-refractivity contribution in [2.45, 2.75) is 78.1 Å². The summed E-state index contributed by atoms with van der Waals surface area (Å²) >= 11 is 5.53. The number of phenolic OH excluding ortho intramolecular Hbond substituents is 1. The highest BCUT2D eigenvalue weighted by Gasteiger charge is 2.26. The largest absolute Gasteiger partial charge is 0.507 e. The highest BCUT2D eigenvalue weighted by molar-refractivity contribution is 6.27. The Morgan fingerprint density at radius 3 is 1.87 bits per heavy atom. The van der Waals surface area contributed by atoms with Gasteiger partial charge in [-0.25, -0.2) is 0 Å². The third-order valence-electron chi connectivity index (χ3n) is 4.11. The summed E-state index contributed by atoms with van der Waals surface area (Å²) in [6, 6.07) is 4.24. The minimum Gasteiger partial charge on any atom is -0.507 e. The number of phenols is 1. The maximum atomic E-state index is 11.3. The van der Waals surface area contributed by atoms with Gasteiger partial charge in [0.15, 0.2) is 0 Å². The van der Waals surface area contributed by atoms with Gasteiger partial charge in [0.05, 0.1) is 5.88 Å². The van der Waals surface area contributed by atoms with Crippen molar-refractivity contribution in [3.63, 3.8) is 0 Å². The van der Waals surface area contributed by atoms with E-state index in [4.69, 9.17) is 11.6 Å². The molecule has 0 fully saturated rings. The van der Waals surface area contributed by atoms with Crippen molar-refractivity contribution >= 4 is 17.4 Å². The first kappa shape index (κ1) is 20.0. The Bertz CT molecular complexity index is 513. The zero-order chi connectivity index (χ0) is 17.8. The molecule has 0 aliphatic rings. The van der Waals surface area contributed by atoms with Crippen LogP contribution < -0.4 is 0 Å². The first-order valence-electron chi connectivity index (χ1n) is 8.41. The zero-order valence-electron chi connectivity index (χ0n) is 15.4. The van der Waals surface area contributed by atoms with Crippen LogP contribution in [0.5, 0.6) is 5.75 Å². The third-order valence-corrected chi connectivity index (χ3v) is 4.40. The predicted molar refractivity (Wildman–Crippen MR) is 98.8 cm³/mol. The molecule has 1 aromatic rings. The summed E-state index contributed by atoms with van der Waals surface area (Å²) in [7, 11) is 0. The molecule has 0 saturated heterocycles. The number of alkyl halides is 1. The Morgan fingerprint density at radius 2 is 1.48 bits per heavy atom. The van der Waals surface area contributed by atoms with E-state index in [1.165, 1.54) is 5.56 Å². The lowest BCUT2D eigenvalue weighted by Gasteiger charge is -2.28. The molecule has 130 valence electrons. The van der Waals surface area contributed by atoms with Gasteiger partial charge in [-0.15, -0.1) is 11.6 Å². The SMILES string of the molecule is CC(C)(C)c1cc(CCCCC(=O)CCl)cc(C(C)(C)C)c1O. The van der Waals surface area contributed by atoms with E-state index in [-0.39, 0.29) is 22.5 Å². The average molecular weight is 339 g/mol. The fourth-order valence-corrected chi connectivity index (χ4v) is 2.83. The van der Waals surface area contributed by atoms with E-state index in [0.29, 0.717) is 12.2 Å². The monoisotopic (exact) mass is 338 g/mol. The van der Waals surface area contributed by atoms with E-state index in [1.54, 1.807) is 0 Å². The number of aryl methyl sites for hydroxylation is 1. The number of hydrogen-bond acceptors (Lipinski definition) is 2. The fraction of sp³-hybridized carbons (Fsp3) is 0.650. The molecule has 0 aromatic heterocycles. The molecule has 1 rings (SSSR count). The molecule has 1 N–H and O–H groups in total. The number of carbonyl (C=O) groups excluding carboxylic acids is 1. The van der Waals surface area contributed by atoms with Crippen molar-refractivity contribution in [2.75, 3.05) is 5.88 Å². The van der Waals surface area contributed by atoms with Crippen LogP contribution in [0, 0.1) is 0 Å². The molecule has 0 atom stereocenters. The molecule has 0 spiro atoms. The van der Waals surface area contributed by atoms with Crippen LogP contribution in [0.25, 0.3) is 0 Å². The molecule has 1 aromatic carbocycles. The summed E-state index contributed by atoms with van der Waals surface area (Å²) in [6.45, 7) is 12.7. The molecular weight excluding hydrogens is 308 g/mol. The van der Waals surface area contributed by atoms with Gasteiger partial charge in [-0.3, -0.25) is 4.79 Å². The molecule has 0 unspecified atom stereocenters. The van der Waals surface area contributed by atoms with Gasteiger partial charge in [0, 0.05) is 6.42 Å². The molecule has 2 nitrogen and oxygen atoms in total. The van der Waals surface area contributed by atoms with Crippen molar-refractivity contribution in [1.82, 2.24) is 0 Å². The summed E-state index contributed by atoms with van der Waals surface area (Å²) in [4.78, 5) is 11.3. The number of unbranched alkanes of at least 4 members (excludes halogenated alkanes) is 1. The first-order chi connectivity index (χ1) is 10.5. The fourth-order valence-electron chi connectivity index (χ4n) is 2.70. The summed E-state index contributed by atoms with van der Waals surface area (Å²) in [5, 5.41) is 10.7. The Labute approximate surface area is 146 Å². The Morgan fingerprint density at radius 1 is 1.00 bits per heavy atom. The van der Waals surface area contributed by atoms with Crippen molar-refractivity contribution < 1.29 is 9.90 Å². The van der Waals surface area contributed by atoms with Crippen LogP contribution in [-0.2, 0) is 22.0 Å². The second kappa shape index (κ2) is 7.70. The average Bonchev–Trinajstić information content (AvgIpc) is 2.41. The predicted octanol–water partition coefficient (Wildman–Crippen LogP) is 5.51. The first-order valence-corrected chi connectivity index (χ1v) is 8.94. The zero-order valence-corrected chi connectivity index (χ0v) is 16.2. The van der Waals surface area contributed by atoms with Crippen molar-refractivity contribution in [1.29, 1.82) is 0 Å². The summed E-state index contributed by atoms with van der Waals surface area (Å²) in [5.74, 6) is 0.649. The van der Waals surface area contributed by atoms with Gasteiger partial charge in [0.25, 0.3) is 0 Å². The lowest BCUT2D eigenvalue weighted by atomic mass is 9.78. The lowest BCUT2D eigenvalue weighted by molar-refractivity contribution is -0.116. The van der Waals surface area contributed by atoms with Crippen LogP contribution in [0.15, 0.2) is 12.1 Å². The van der Waals surface area contributed by atoms with E-state index >= 15 is 0 Å². The van der Waals surface area contributed by atoms with Crippen LogP contribution in [-0.4, -0.2) is 16.8 Å². The number of hydrogen-bond donors (Lipinski definition) is 1. The van der Waals surface area contributed by atoms with Crippen LogP contribution in [0.3, 0.4) is 0 Å². The Kier molecular flexibility index (Phi) is 6.70. The van der Waals surface area contributed by atoms with Gasteiger partial charge in [-0.05, 0) is 46.8 Å². The molecule has 3 heteroatoms. The van der Waals surface area contributed by atoms with Crippen molar-refractivity contribution in [3.05, 3.63) is 28.8 Å². The number of carbonyl (C=O) groups is 1. The number of benzene rings is 1. The van der Waals surface area contributed by atoms with Crippen LogP contribution in [0.1, 0.15) is 77.5 Å². The van der Waals surface area contributed by atoms with Crippen LogP contribution >= 0.6 is 11.6 Å². The maximum Gasteiger partial charge on any atom is 0.147 e. The summed E-state index contributed by atoms with van der Waals surface area (Å²) in [5.41, 5.74) is 3.02. The topological polar surface area (TPSA) is 37.3 Å². The van der Waals surface area contributed by atoms with Crippen LogP contribution in [0.4, 0.5) is 0 Å². The Hall–Kier alpha value is -1.02. The van der Waals surface area contributed by atoms with E-state index in [9.17, 15) is 9.90 Å². The number of halogens is 1. The Balaban J connectivity index is 3.02. The van der Waals surface area contributed by atoms with Gasteiger partial charge in [-0.2, -0.15) is 0 Å². The van der Waals surface area contributed by atoms with E-state index < -0.39 is 0 Å². The minimum atomic E-state index is -0.102. The molecule has 0 radical (unpaired) electrons. The highest BCUT2D eigenvalue weighted by atomic mass is 35.5. The van der Waals surface area contributed by atoms with Crippen molar-refractivity contribution in [3.8, 4) is 5.75 Å². The molecule has 0 aliphatic heterocycles. The molecule has 0 aliphatic carbocycles. The standard InChI is InChI=1S/C20H31ClO2/c1-19(2,3)16-11-14(9-7-8-10-15(22)13-21)12-17(18(16)23)20(4,5)6/h11-12,23H,7-10,13H2,1-6H3.